The van der Waals surface area contributed by atoms with Crippen molar-refractivity contribution in [2.24, 2.45) is 0 Å². The summed E-state index contributed by atoms with van der Waals surface area (Å²) < 4.78 is 33.7. The molecular weight excluding hydrogens is 470 g/mol. The second-order valence-corrected chi connectivity index (χ2v) is 9.60. The van der Waals surface area contributed by atoms with Gasteiger partial charge in [0.15, 0.2) is 0 Å². The summed E-state index contributed by atoms with van der Waals surface area (Å²) in [5, 5.41) is 13.7. The van der Waals surface area contributed by atoms with Gasteiger partial charge >= 0.3 is 6.03 Å². The van der Waals surface area contributed by atoms with Gasteiger partial charge in [-0.3, -0.25) is 10.1 Å². The number of amides is 2. The number of carbonyl (C=O) groups is 1. The minimum Gasteiger partial charge on any atom is -0.456 e. The summed E-state index contributed by atoms with van der Waals surface area (Å²) in [6.07, 6.45) is 2.53. The SMILES string of the molecule is CCCCCNC(=O)NS(=O)(=O)c1cc([N+](=O)[O-])ccc1Oc1cccc(-c2ccc(C)cc2)c1. The average Bonchev–Trinajstić information content (AvgIpc) is 2.82. The number of carbonyl (C=O) groups excluding carboxylic acids is 1. The molecule has 0 unspecified atom stereocenters. The number of nitro groups is 1. The van der Waals surface area contributed by atoms with E-state index in [1.807, 2.05) is 48.9 Å². The van der Waals surface area contributed by atoms with Gasteiger partial charge in [-0.25, -0.2) is 17.9 Å². The van der Waals surface area contributed by atoms with Crippen LogP contribution in [-0.2, 0) is 10.0 Å². The van der Waals surface area contributed by atoms with E-state index in [1.54, 1.807) is 18.2 Å². The van der Waals surface area contributed by atoms with E-state index >= 15 is 0 Å². The summed E-state index contributed by atoms with van der Waals surface area (Å²) in [4.78, 5) is 22.2. The first kappa shape index (κ1) is 25.7. The Balaban J connectivity index is 1.89. The van der Waals surface area contributed by atoms with E-state index in [-0.39, 0.29) is 5.75 Å². The van der Waals surface area contributed by atoms with E-state index in [9.17, 15) is 23.3 Å². The molecule has 3 aromatic carbocycles. The molecule has 0 heterocycles. The number of nitro benzene ring substituents is 1. The minimum atomic E-state index is -4.47. The van der Waals surface area contributed by atoms with Crippen molar-refractivity contribution in [3.63, 3.8) is 0 Å². The van der Waals surface area contributed by atoms with E-state index < -0.39 is 31.6 Å². The smallest absolute Gasteiger partial charge is 0.328 e. The van der Waals surface area contributed by atoms with Crippen LogP contribution < -0.4 is 14.8 Å². The number of ether oxygens (including phenoxy) is 1. The number of unbranched alkanes of at least 4 members (excludes halogenated alkanes) is 2. The van der Waals surface area contributed by atoms with Crippen molar-refractivity contribution in [1.29, 1.82) is 0 Å². The first-order valence-corrected chi connectivity index (χ1v) is 12.6. The molecule has 0 aliphatic carbocycles. The van der Waals surface area contributed by atoms with Gasteiger partial charge in [0, 0.05) is 18.7 Å². The summed E-state index contributed by atoms with van der Waals surface area (Å²) in [5.41, 5.74) is 2.45. The molecule has 3 rings (SSSR count). The van der Waals surface area contributed by atoms with Crippen molar-refractivity contribution in [1.82, 2.24) is 10.0 Å². The highest BCUT2D eigenvalue weighted by atomic mass is 32.2. The molecule has 0 radical (unpaired) electrons. The number of nitrogens with one attached hydrogen (secondary N) is 2. The van der Waals surface area contributed by atoms with Crippen LogP contribution in [-0.4, -0.2) is 25.9 Å². The van der Waals surface area contributed by atoms with Gasteiger partial charge in [0.2, 0.25) is 0 Å². The van der Waals surface area contributed by atoms with Crippen LogP contribution in [0.4, 0.5) is 10.5 Å². The maximum Gasteiger partial charge on any atom is 0.328 e. The third-order valence-corrected chi connectivity index (χ3v) is 6.52. The van der Waals surface area contributed by atoms with Gasteiger partial charge in [0.25, 0.3) is 15.7 Å². The van der Waals surface area contributed by atoms with Crippen LogP contribution >= 0.6 is 0 Å². The third kappa shape index (κ3) is 7.03. The second-order valence-electron chi connectivity index (χ2n) is 7.95. The van der Waals surface area contributed by atoms with Gasteiger partial charge in [-0.15, -0.1) is 0 Å². The monoisotopic (exact) mass is 497 g/mol. The Morgan fingerprint density at radius 2 is 1.74 bits per heavy atom. The summed E-state index contributed by atoms with van der Waals surface area (Å²) in [6.45, 7) is 4.30. The molecule has 0 bridgehead atoms. The van der Waals surface area contributed by atoms with Gasteiger partial charge in [-0.05, 0) is 42.7 Å². The lowest BCUT2D eigenvalue weighted by atomic mass is 10.0. The number of aryl methyl sites for hydroxylation is 1. The summed E-state index contributed by atoms with van der Waals surface area (Å²) in [7, 11) is -4.47. The highest BCUT2D eigenvalue weighted by molar-refractivity contribution is 7.90. The van der Waals surface area contributed by atoms with E-state index in [0.29, 0.717) is 18.7 Å². The quantitative estimate of drug-likeness (QED) is 0.215. The number of hydrogen-bond donors (Lipinski definition) is 2. The molecule has 0 saturated heterocycles. The lowest BCUT2D eigenvalue weighted by Crippen LogP contribution is -2.39. The predicted octanol–water partition coefficient (Wildman–Crippen LogP) is 5.54. The fourth-order valence-electron chi connectivity index (χ4n) is 3.31. The Labute approximate surface area is 204 Å². The number of benzene rings is 3. The molecule has 10 heteroatoms. The molecule has 2 N–H and O–H groups in total. The molecule has 0 aromatic heterocycles. The number of hydrogen-bond acceptors (Lipinski definition) is 6. The molecule has 9 nitrogen and oxygen atoms in total. The van der Waals surface area contributed by atoms with Gasteiger partial charge < -0.3 is 10.1 Å². The van der Waals surface area contributed by atoms with Crippen molar-refractivity contribution in [3.8, 4) is 22.6 Å². The molecule has 3 aromatic rings. The molecule has 0 fully saturated rings. The first-order chi connectivity index (χ1) is 16.7. The molecule has 184 valence electrons. The second kappa shape index (κ2) is 11.5. The first-order valence-electron chi connectivity index (χ1n) is 11.1. The summed E-state index contributed by atoms with van der Waals surface area (Å²) in [6, 6.07) is 17.2. The normalized spacial score (nSPS) is 11.0. The Hall–Kier alpha value is -3.92. The molecule has 0 atom stereocenters. The molecular formula is C25H27N3O6S. The van der Waals surface area contributed by atoms with Crippen LogP contribution in [0.15, 0.2) is 71.6 Å². The highest BCUT2D eigenvalue weighted by Gasteiger charge is 2.26. The number of urea groups is 1. The van der Waals surface area contributed by atoms with Gasteiger partial charge in [-0.1, -0.05) is 61.7 Å². The zero-order chi connectivity index (χ0) is 25.4. The van der Waals surface area contributed by atoms with E-state index in [4.69, 9.17) is 4.74 Å². The standard InChI is InChI=1S/C25H27N3O6S/c1-3-4-5-15-26-25(29)27-35(32,33)24-17-21(28(30)31)13-14-23(24)34-22-8-6-7-20(16-22)19-11-9-18(2)10-12-19/h6-14,16-17H,3-5,15H2,1-2H3,(H2,26,27,29). The predicted molar refractivity (Wildman–Crippen MR) is 133 cm³/mol. The molecule has 0 aliphatic rings. The number of non-ortho nitro benzene ring substituents is 1. The Morgan fingerprint density at radius 1 is 1.00 bits per heavy atom. The van der Waals surface area contributed by atoms with E-state index in [2.05, 4.69) is 5.32 Å². The Morgan fingerprint density at radius 3 is 2.43 bits per heavy atom. The maximum absolute atomic E-state index is 13.0. The Kier molecular flexibility index (Phi) is 8.43. The molecule has 2 amide bonds. The fraction of sp³-hybridized carbons (Fsp3) is 0.240. The zero-order valence-corrected chi connectivity index (χ0v) is 20.3. The molecule has 0 saturated carbocycles. The largest absolute Gasteiger partial charge is 0.456 e. The number of rotatable bonds is 10. The number of nitrogens with zero attached hydrogens (tertiary/aromatic N) is 1. The van der Waals surface area contributed by atoms with E-state index in [0.717, 1.165) is 41.7 Å². The van der Waals surface area contributed by atoms with Crippen LogP contribution in [0.2, 0.25) is 0 Å². The van der Waals surface area contributed by atoms with Crippen molar-refractivity contribution < 1.29 is 22.9 Å². The summed E-state index contributed by atoms with van der Waals surface area (Å²) in [5.74, 6) is 0.181. The minimum absolute atomic E-state index is 0.150. The van der Waals surface area contributed by atoms with Crippen LogP contribution in [0.1, 0.15) is 31.7 Å². The van der Waals surface area contributed by atoms with Gasteiger partial charge in [0.1, 0.15) is 16.4 Å². The topological polar surface area (TPSA) is 128 Å². The maximum atomic E-state index is 13.0. The van der Waals surface area contributed by atoms with Crippen molar-refractivity contribution in [2.45, 2.75) is 38.0 Å². The molecule has 35 heavy (non-hydrogen) atoms. The van der Waals surface area contributed by atoms with Gasteiger partial charge in [-0.2, -0.15) is 0 Å². The van der Waals surface area contributed by atoms with Crippen molar-refractivity contribution in [3.05, 3.63) is 82.4 Å². The lowest BCUT2D eigenvalue weighted by Gasteiger charge is -2.14. The number of sulfonamides is 1. The fourth-order valence-corrected chi connectivity index (χ4v) is 4.38. The van der Waals surface area contributed by atoms with Crippen LogP contribution in [0.3, 0.4) is 0 Å². The Bertz CT molecular complexity index is 1310. The van der Waals surface area contributed by atoms with E-state index in [1.165, 1.54) is 6.07 Å². The molecule has 0 aliphatic heterocycles. The summed E-state index contributed by atoms with van der Waals surface area (Å²) >= 11 is 0. The van der Waals surface area contributed by atoms with Crippen molar-refractivity contribution >= 4 is 21.7 Å². The van der Waals surface area contributed by atoms with Crippen LogP contribution in [0, 0.1) is 17.0 Å². The zero-order valence-electron chi connectivity index (χ0n) is 19.5. The van der Waals surface area contributed by atoms with Gasteiger partial charge in [0.05, 0.1) is 4.92 Å². The van der Waals surface area contributed by atoms with Crippen LogP contribution in [0.25, 0.3) is 11.1 Å². The molecule has 0 spiro atoms. The average molecular weight is 498 g/mol. The third-order valence-electron chi connectivity index (χ3n) is 5.17. The van der Waals surface area contributed by atoms with Crippen molar-refractivity contribution in [2.75, 3.05) is 6.54 Å². The highest BCUT2D eigenvalue weighted by Crippen LogP contribution is 2.33. The van der Waals surface area contributed by atoms with Crippen LogP contribution in [0.5, 0.6) is 11.5 Å². The lowest BCUT2D eigenvalue weighted by molar-refractivity contribution is -0.385.